The van der Waals surface area contributed by atoms with Crippen molar-refractivity contribution in [2.75, 3.05) is 6.61 Å². The standard InChI is InChI=1S/C12H16NO9P/c14-9-2-1-7(6-10(9)15)5-8(12(18)19)13-23(20,21)22-4-3-11(16)17/h1-2,6,8,14-15H,3-5H2,(H,16,17)(H,18,19)(H2,13,20,21)/t8-/m0/s1. The number of carbonyl (C=O) groups is 2. The lowest BCUT2D eigenvalue weighted by Crippen LogP contribution is -2.37. The molecule has 0 spiro atoms. The maximum absolute atomic E-state index is 11.7. The second-order valence-electron chi connectivity index (χ2n) is 4.54. The molecule has 1 aromatic carbocycles. The zero-order valence-corrected chi connectivity index (χ0v) is 12.6. The second kappa shape index (κ2) is 7.93. The maximum Gasteiger partial charge on any atom is 0.403 e. The first-order chi connectivity index (χ1) is 10.6. The van der Waals surface area contributed by atoms with Crippen LogP contribution in [0.15, 0.2) is 18.2 Å². The van der Waals surface area contributed by atoms with Gasteiger partial charge in [-0.25, -0.2) is 9.65 Å². The third-order valence-corrected chi connectivity index (χ3v) is 3.85. The highest BCUT2D eigenvalue weighted by Gasteiger charge is 2.29. The molecule has 1 unspecified atom stereocenters. The third-order valence-electron chi connectivity index (χ3n) is 2.68. The highest BCUT2D eigenvalue weighted by Crippen LogP contribution is 2.38. The summed E-state index contributed by atoms with van der Waals surface area (Å²) >= 11 is 0. The summed E-state index contributed by atoms with van der Waals surface area (Å²) in [6.07, 6.45) is -0.800. The van der Waals surface area contributed by atoms with E-state index in [-0.39, 0.29) is 12.0 Å². The van der Waals surface area contributed by atoms with Crippen LogP contribution in [-0.2, 0) is 25.1 Å². The van der Waals surface area contributed by atoms with Crippen LogP contribution in [0.2, 0.25) is 0 Å². The summed E-state index contributed by atoms with van der Waals surface area (Å²) in [6, 6.07) is 2.06. The maximum atomic E-state index is 11.7. The van der Waals surface area contributed by atoms with Crippen molar-refractivity contribution >= 4 is 19.7 Å². The van der Waals surface area contributed by atoms with Gasteiger partial charge in [-0.3, -0.25) is 14.1 Å². The fraction of sp³-hybridized carbons (Fsp3) is 0.333. The number of rotatable bonds is 9. The lowest BCUT2D eigenvalue weighted by atomic mass is 10.1. The van der Waals surface area contributed by atoms with Crippen LogP contribution >= 0.6 is 7.75 Å². The molecule has 2 atom stereocenters. The van der Waals surface area contributed by atoms with E-state index in [2.05, 4.69) is 4.52 Å². The van der Waals surface area contributed by atoms with E-state index in [9.17, 15) is 29.3 Å². The number of hydrogen-bond acceptors (Lipinski definition) is 6. The first-order valence-corrected chi connectivity index (χ1v) is 7.89. The van der Waals surface area contributed by atoms with Gasteiger partial charge in [-0.05, 0) is 24.1 Å². The van der Waals surface area contributed by atoms with E-state index >= 15 is 0 Å². The van der Waals surface area contributed by atoms with Crippen molar-refractivity contribution in [2.45, 2.75) is 18.9 Å². The average Bonchev–Trinajstić information content (AvgIpc) is 2.41. The molecule has 10 nitrogen and oxygen atoms in total. The Morgan fingerprint density at radius 3 is 2.39 bits per heavy atom. The van der Waals surface area contributed by atoms with E-state index in [1.165, 1.54) is 6.07 Å². The largest absolute Gasteiger partial charge is 0.504 e. The number of aromatic hydroxyl groups is 2. The van der Waals surface area contributed by atoms with Crippen LogP contribution in [-0.4, -0.2) is 49.9 Å². The molecule has 1 rings (SSSR count). The molecular weight excluding hydrogens is 333 g/mol. The Labute approximate surface area is 130 Å². The SMILES string of the molecule is O=C(O)CCOP(=O)(O)N[C@@H](Cc1ccc(O)c(O)c1)C(=O)O. The fourth-order valence-corrected chi connectivity index (χ4v) is 2.62. The Morgan fingerprint density at radius 2 is 1.87 bits per heavy atom. The number of nitrogens with one attached hydrogen (secondary N) is 1. The summed E-state index contributed by atoms with van der Waals surface area (Å²) in [5.41, 5.74) is 0.283. The van der Waals surface area contributed by atoms with Gasteiger partial charge in [0.15, 0.2) is 11.5 Å². The summed E-state index contributed by atoms with van der Waals surface area (Å²) in [6.45, 7) is -0.567. The first kappa shape index (κ1) is 18.9. The number of hydrogen-bond donors (Lipinski definition) is 6. The number of phenols is 2. The Balaban J connectivity index is 2.74. The predicted octanol–water partition coefficient (Wildman–Crippen LogP) is 0.275. The van der Waals surface area contributed by atoms with E-state index in [4.69, 9.17) is 10.2 Å². The number of phenolic OH excluding ortho intramolecular Hbond substituents is 2. The van der Waals surface area contributed by atoms with Gasteiger partial charge in [-0.15, -0.1) is 0 Å². The van der Waals surface area contributed by atoms with Crippen LogP contribution in [0.5, 0.6) is 11.5 Å². The van der Waals surface area contributed by atoms with Crippen LogP contribution in [0.25, 0.3) is 0 Å². The van der Waals surface area contributed by atoms with Crippen LogP contribution in [0, 0.1) is 0 Å². The molecule has 11 heteroatoms. The van der Waals surface area contributed by atoms with Gasteiger partial charge < -0.3 is 25.3 Å². The van der Waals surface area contributed by atoms with E-state index < -0.39 is 50.3 Å². The van der Waals surface area contributed by atoms with Gasteiger partial charge in [0.05, 0.1) is 13.0 Å². The molecule has 0 fully saturated rings. The van der Waals surface area contributed by atoms with Gasteiger partial charge >= 0.3 is 19.7 Å². The van der Waals surface area contributed by atoms with Gasteiger partial charge in [0.1, 0.15) is 6.04 Å². The van der Waals surface area contributed by atoms with E-state index in [0.717, 1.165) is 12.1 Å². The van der Waals surface area contributed by atoms with Crippen molar-refractivity contribution in [3.05, 3.63) is 23.8 Å². The molecule has 23 heavy (non-hydrogen) atoms. The fourth-order valence-electron chi connectivity index (χ4n) is 1.61. The van der Waals surface area contributed by atoms with Gasteiger partial charge in [0.25, 0.3) is 0 Å². The Bertz CT molecular complexity index is 633. The molecule has 0 aliphatic carbocycles. The molecule has 6 N–H and O–H groups in total. The van der Waals surface area contributed by atoms with Crippen LogP contribution in [0.1, 0.15) is 12.0 Å². The Hall–Kier alpha value is -2.13. The topological polar surface area (TPSA) is 174 Å². The molecule has 128 valence electrons. The number of carboxylic acids is 2. The minimum Gasteiger partial charge on any atom is -0.504 e. The van der Waals surface area contributed by atoms with Crippen LogP contribution in [0.3, 0.4) is 0 Å². The van der Waals surface area contributed by atoms with Crippen molar-refractivity contribution in [1.82, 2.24) is 5.09 Å². The monoisotopic (exact) mass is 349 g/mol. The quantitative estimate of drug-likeness (QED) is 0.268. The zero-order chi connectivity index (χ0) is 17.6. The molecule has 0 bridgehead atoms. The van der Waals surface area contributed by atoms with Gasteiger partial charge in [-0.2, -0.15) is 0 Å². The van der Waals surface area contributed by atoms with E-state index in [0.29, 0.717) is 0 Å². The second-order valence-corrected chi connectivity index (χ2v) is 6.10. The van der Waals surface area contributed by atoms with Crippen LogP contribution < -0.4 is 5.09 Å². The number of benzene rings is 1. The van der Waals surface area contributed by atoms with Crippen molar-refractivity contribution < 1.29 is 44.0 Å². The Kier molecular flexibility index (Phi) is 6.52. The van der Waals surface area contributed by atoms with Gasteiger partial charge in [0, 0.05) is 0 Å². The van der Waals surface area contributed by atoms with Crippen molar-refractivity contribution in [2.24, 2.45) is 0 Å². The summed E-state index contributed by atoms with van der Waals surface area (Å²) in [4.78, 5) is 31.0. The third kappa shape index (κ3) is 6.66. The molecule has 0 amide bonds. The molecule has 0 radical (unpaired) electrons. The molecular formula is C12H16NO9P. The minimum atomic E-state index is -4.52. The highest BCUT2D eigenvalue weighted by molar-refractivity contribution is 7.50. The summed E-state index contributed by atoms with van der Waals surface area (Å²) < 4.78 is 16.2. The minimum absolute atomic E-state index is 0.282. The molecule has 1 aromatic rings. The summed E-state index contributed by atoms with van der Waals surface area (Å²) in [5, 5.41) is 37.9. The molecule has 0 aromatic heterocycles. The van der Waals surface area contributed by atoms with Crippen molar-refractivity contribution in [1.29, 1.82) is 0 Å². The lowest BCUT2D eigenvalue weighted by molar-refractivity contribution is -0.139. The molecule has 0 saturated heterocycles. The lowest BCUT2D eigenvalue weighted by Gasteiger charge is -2.19. The normalized spacial score (nSPS) is 14.8. The predicted molar refractivity (Wildman–Crippen MR) is 76.1 cm³/mol. The number of carboxylic acid groups (broad SMARTS) is 2. The molecule has 0 saturated carbocycles. The first-order valence-electron chi connectivity index (χ1n) is 6.31. The van der Waals surface area contributed by atoms with Crippen molar-refractivity contribution in [3.8, 4) is 11.5 Å². The zero-order valence-electron chi connectivity index (χ0n) is 11.7. The molecule has 0 heterocycles. The summed E-state index contributed by atoms with van der Waals surface area (Å²) in [7, 11) is -4.52. The smallest absolute Gasteiger partial charge is 0.403 e. The Morgan fingerprint density at radius 1 is 1.22 bits per heavy atom. The van der Waals surface area contributed by atoms with Crippen LogP contribution in [0.4, 0.5) is 0 Å². The van der Waals surface area contributed by atoms with Gasteiger partial charge in [-0.1, -0.05) is 6.07 Å². The molecule has 0 aliphatic rings. The van der Waals surface area contributed by atoms with Crippen molar-refractivity contribution in [3.63, 3.8) is 0 Å². The average molecular weight is 349 g/mol. The highest BCUT2D eigenvalue weighted by atomic mass is 31.2. The summed E-state index contributed by atoms with van der Waals surface area (Å²) in [5.74, 6) is -3.54. The molecule has 0 aliphatic heterocycles. The number of aliphatic carboxylic acids is 2. The van der Waals surface area contributed by atoms with Gasteiger partial charge in [0.2, 0.25) is 0 Å². The van der Waals surface area contributed by atoms with E-state index in [1.54, 1.807) is 0 Å². The van der Waals surface area contributed by atoms with E-state index in [1.807, 2.05) is 5.09 Å².